The smallest absolute Gasteiger partial charge is 0.148 e. The quantitative estimate of drug-likeness (QED) is 0.837. The summed E-state index contributed by atoms with van der Waals surface area (Å²) >= 11 is 7.47. The molecule has 16 heavy (non-hydrogen) atoms. The van der Waals surface area contributed by atoms with Gasteiger partial charge in [0, 0.05) is 23.4 Å². The van der Waals surface area contributed by atoms with Crippen LogP contribution < -0.4 is 5.73 Å². The first-order chi connectivity index (χ1) is 7.44. The van der Waals surface area contributed by atoms with Crippen molar-refractivity contribution < 1.29 is 8.42 Å². The average molecular weight is 280 g/mol. The van der Waals surface area contributed by atoms with Crippen LogP contribution in [0.15, 0.2) is 23.1 Å². The highest BCUT2D eigenvalue weighted by Crippen LogP contribution is 2.30. The van der Waals surface area contributed by atoms with Crippen molar-refractivity contribution >= 4 is 33.2 Å². The van der Waals surface area contributed by atoms with Crippen molar-refractivity contribution in [3.63, 3.8) is 0 Å². The maximum Gasteiger partial charge on any atom is 0.148 e. The topological polar surface area (TPSA) is 60.2 Å². The second-order valence-electron chi connectivity index (χ2n) is 3.41. The van der Waals surface area contributed by atoms with Crippen LogP contribution in [0.25, 0.3) is 0 Å². The highest BCUT2D eigenvalue weighted by atomic mass is 35.5. The summed E-state index contributed by atoms with van der Waals surface area (Å²) in [6.45, 7) is 0.405. The lowest BCUT2D eigenvalue weighted by atomic mass is 10.2. The summed E-state index contributed by atoms with van der Waals surface area (Å²) in [7, 11) is -2.92. The van der Waals surface area contributed by atoms with Gasteiger partial charge >= 0.3 is 0 Å². The molecule has 0 saturated carbocycles. The van der Waals surface area contributed by atoms with E-state index in [0.717, 1.165) is 10.5 Å². The minimum absolute atomic E-state index is 0.146. The number of hydrogen-bond acceptors (Lipinski definition) is 4. The van der Waals surface area contributed by atoms with Gasteiger partial charge in [0.05, 0.1) is 10.8 Å². The standard InChI is InChI=1S/C10H14ClNO2S2/c1-16(13,14)6-5-15-10-8(7-12)3-2-4-9(10)11/h2-4H,5-7,12H2,1H3. The molecule has 2 N–H and O–H groups in total. The molecule has 0 aliphatic carbocycles. The normalized spacial score (nSPS) is 11.7. The van der Waals surface area contributed by atoms with Crippen LogP contribution in [-0.4, -0.2) is 26.2 Å². The zero-order valence-corrected chi connectivity index (χ0v) is 11.3. The van der Waals surface area contributed by atoms with Crippen molar-refractivity contribution in [2.45, 2.75) is 11.4 Å². The van der Waals surface area contributed by atoms with Crippen LogP contribution in [0.4, 0.5) is 0 Å². The van der Waals surface area contributed by atoms with Crippen molar-refractivity contribution in [2.75, 3.05) is 17.8 Å². The summed E-state index contributed by atoms with van der Waals surface area (Å²) in [5, 5.41) is 0.626. The molecular formula is C10H14ClNO2S2. The fourth-order valence-electron chi connectivity index (χ4n) is 1.17. The van der Waals surface area contributed by atoms with E-state index in [4.69, 9.17) is 17.3 Å². The Morgan fingerprint density at radius 1 is 1.44 bits per heavy atom. The molecule has 0 amide bonds. The molecule has 0 atom stereocenters. The van der Waals surface area contributed by atoms with E-state index in [1.165, 1.54) is 18.0 Å². The highest BCUT2D eigenvalue weighted by Gasteiger charge is 2.08. The third kappa shape index (κ3) is 4.33. The number of nitrogens with two attached hydrogens (primary N) is 1. The van der Waals surface area contributed by atoms with Gasteiger partial charge in [-0.3, -0.25) is 0 Å². The van der Waals surface area contributed by atoms with E-state index in [9.17, 15) is 8.42 Å². The van der Waals surface area contributed by atoms with Gasteiger partial charge < -0.3 is 5.73 Å². The molecule has 0 fully saturated rings. The summed E-state index contributed by atoms with van der Waals surface area (Å²) in [4.78, 5) is 0.885. The molecule has 0 aromatic heterocycles. The molecule has 0 saturated heterocycles. The molecular weight excluding hydrogens is 266 g/mol. The van der Waals surface area contributed by atoms with Crippen molar-refractivity contribution in [1.29, 1.82) is 0 Å². The molecule has 0 heterocycles. The Kier molecular flexibility index (Phi) is 5.11. The Morgan fingerprint density at radius 3 is 2.69 bits per heavy atom. The van der Waals surface area contributed by atoms with E-state index >= 15 is 0 Å². The predicted octanol–water partition coefficient (Wildman–Crippen LogP) is 1.94. The third-order valence-electron chi connectivity index (χ3n) is 1.97. The SMILES string of the molecule is CS(=O)(=O)CCSc1c(Cl)cccc1CN. The maximum absolute atomic E-state index is 11.0. The molecule has 0 aliphatic heterocycles. The lowest BCUT2D eigenvalue weighted by Gasteiger charge is -2.08. The molecule has 0 unspecified atom stereocenters. The molecule has 90 valence electrons. The van der Waals surface area contributed by atoms with E-state index in [-0.39, 0.29) is 5.75 Å². The second-order valence-corrected chi connectivity index (χ2v) is 7.18. The van der Waals surface area contributed by atoms with Crippen LogP contribution in [0.5, 0.6) is 0 Å². The summed E-state index contributed by atoms with van der Waals surface area (Å²) in [6.07, 6.45) is 1.23. The molecule has 1 rings (SSSR count). The fourth-order valence-corrected chi connectivity index (χ4v) is 3.82. The van der Waals surface area contributed by atoms with Gasteiger partial charge in [0.2, 0.25) is 0 Å². The monoisotopic (exact) mass is 279 g/mol. The van der Waals surface area contributed by atoms with Gasteiger partial charge in [-0.2, -0.15) is 0 Å². The van der Waals surface area contributed by atoms with Crippen LogP contribution in [0.3, 0.4) is 0 Å². The minimum Gasteiger partial charge on any atom is -0.326 e. The first kappa shape index (κ1) is 13.8. The van der Waals surface area contributed by atoms with Gasteiger partial charge in [0.15, 0.2) is 0 Å². The Labute approximate surface area is 105 Å². The van der Waals surface area contributed by atoms with E-state index in [2.05, 4.69) is 0 Å². The van der Waals surface area contributed by atoms with Gasteiger partial charge in [0.1, 0.15) is 9.84 Å². The zero-order chi connectivity index (χ0) is 12.2. The van der Waals surface area contributed by atoms with Gasteiger partial charge in [-0.1, -0.05) is 23.7 Å². The van der Waals surface area contributed by atoms with E-state index < -0.39 is 9.84 Å². The number of thioether (sulfide) groups is 1. The second kappa shape index (κ2) is 5.91. The first-order valence-corrected chi connectivity index (χ1v) is 8.14. The lowest BCUT2D eigenvalue weighted by Crippen LogP contribution is -2.06. The molecule has 6 heteroatoms. The largest absolute Gasteiger partial charge is 0.326 e. The third-order valence-corrected chi connectivity index (χ3v) is 4.78. The molecule has 0 radical (unpaired) electrons. The van der Waals surface area contributed by atoms with E-state index in [1.54, 1.807) is 6.07 Å². The van der Waals surface area contributed by atoms with Crippen LogP contribution >= 0.6 is 23.4 Å². The molecule has 0 aliphatic rings. The summed E-state index contributed by atoms with van der Waals surface area (Å²) < 4.78 is 22.0. The summed E-state index contributed by atoms with van der Waals surface area (Å²) in [5.41, 5.74) is 6.54. The number of halogens is 1. The fraction of sp³-hybridized carbons (Fsp3) is 0.400. The maximum atomic E-state index is 11.0. The van der Waals surface area contributed by atoms with Crippen LogP contribution in [0.1, 0.15) is 5.56 Å². The number of sulfone groups is 1. The Hall–Kier alpha value is -0.230. The number of benzene rings is 1. The average Bonchev–Trinajstić information content (AvgIpc) is 2.18. The van der Waals surface area contributed by atoms with Gasteiger partial charge in [-0.15, -0.1) is 11.8 Å². The zero-order valence-electron chi connectivity index (χ0n) is 8.94. The van der Waals surface area contributed by atoms with E-state index in [0.29, 0.717) is 17.3 Å². The Morgan fingerprint density at radius 2 is 2.12 bits per heavy atom. The van der Waals surface area contributed by atoms with Gasteiger partial charge in [-0.25, -0.2) is 8.42 Å². The van der Waals surface area contributed by atoms with E-state index in [1.807, 2.05) is 12.1 Å². The van der Waals surface area contributed by atoms with Crippen LogP contribution in [-0.2, 0) is 16.4 Å². The molecule has 1 aromatic rings. The number of rotatable bonds is 5. The summed E-state index contributed by atoms with van der Waals surface area (Å²) in [5.74, 6) is 0.641. The first-order valence-electron chi connectivity index (χ1n) is 4.72. The van der Waals surface area contributed by atoms with Crippen molar-refractivity contribution in [3.05, 3.63) is 28.8 Å². The van der Waals surface area contributed by atoms with Crippen LogP contribution in [0.2, 0.25) is 5.02 Å². The van der Waals surface area contributed by atoms with Crippen molar-refractivity contribution in [2.24, 2.45) is 5.73 Å². The van der Waals surface area contributed by atoms with Crippen LogP contribution in [0, 0.1) is 0 Å². The van der Waals surface area contributed by atoms with Crippen molar-refractivity contribution in [3.8, 4) is 0 Å². The lowest BCUT2D eigenvalue weighted by molar-refractivity contribution is 0.603. The Balaban J connectivity index is 2.73. The van der Waals surface area contributed by atoms with Gasteiger partial charge in [-0.05, 0) is 11.6 Å². The summed E-state index contributed by atoms with van der Waals surface area (Å²) in [6, 6.07) is 5.52. The number of hydrogen-bond donors (Lipinski definition) is 1. The van der Waals surface area contributed by atoms with Crippen molar-refractivity contribution in [1.82, 2.24) is 0 Å². The minimum atomic E-state index is -2.92. The predicted molar refractivity (Wildman–Crippen MR) is 69.8 cm³/mol. The Bertz CT molecular complexity index is 460. The highest BCUT2D eigenvalue weighted by molar-refractivity contribution is 8.00. The van der Waals surface area contributed by atoms with Gasteiger partial charge in [0.25, 0.3) is 0 Å². The molecule has 3 nitrogen and oxygen atoms in total. The molecule has 0 bridgehead atoms. The molecule has 0 spiro atoms. The molecule has 1 aromatic carbocycles.